The van der Waals surface area contributed by atoms with Crippen molar-refractivity contribution in [2.24, 2.45) is 0 Å². The molecule has 2 aromatic rings. The third kappa shape index (κ3) is 5.20. The smallest absolute Gasteiger partial charge is 0.245 e. The van der Waals surface area contributed by atoms with E-state index in [0.717, 1.165) is 35.5 Å². The summed E-state index contributed by atoms with van der Waals surface area (Å²) in [5.41, 5.74) is 3.31. The van der Waals surface area contributed by atoms with Gasteiger partial charge in [0.25, 0.3) is 0 Å². The van der Waals surface area contributed by atoms with E-state index in [4.69, 9.17) is 11.6 Å². The van der Waals surface area contributed by atoms with Crippen molar-refractivity contribution in [3.8, 4) is 0 Å². The lowest BCUT2D eigenvalue weighted by Crippen LogP contribution is -2.40. The number of carbonyl (C=O) groups is 1. The monoisotopic (exact) mass is 473 g/mol. The molecule has 156 valence electrons. The van der Waals surface area contributed by atoms with Crippen LogP contribution < -0.4 is 14.9 Å². The molecular formula is C19H21Cl2N3O3S2. The number of nitrogens with one attached hydrogen (secondary N) is 2. The number of nitrogens with zero attached hydrogens (tertiary/aromatic N) is 1. The number of fused-ring (bicyclic) bond motifs is 1. The van der Waals surface area contributed by atoms with Crippen LogP contribution in [-0.4, -0.2) is 33.5 Å². The summed E-state index contributed by atoms with van der Waals surface area (Å²) in [5, 5.41) is 4.41. The topological polar surface area (TPSA) is 78.5 Å². The Hall–Kier alpha value is -1.42. The van der Waals surface area contributed by atoms with Gasteiger partial charge < -0.3 is 10.2 Å². The number of halogens is 2. The Morgan fingerprint density at radius 3 is 2.83 bits per heavy atom. The second-order valence-corrected chi connectivity index (χ2v) is 10.2. The van der Waals surface area contributed by atoms with Crippen LogP contribution in [0.25, 0.3) is 6.08 Å². The molecule has 1 aromatic heterocycles. The molecule has 4 rings (SSSR count). The average Bonchev–Trinajstić information content (AvgIpc) is 3.25. The highest BCUT2D eigenvalue weighted by Gasteiger charge is 2.35. The van der Waals surface area contributed by atoms with Gasteiger partial charge in [0.1, 0.15) is 6.04 Å². The lowest BCUT2D eigenvalue weighted by Gasteiger charge is -2.22. The largest absolute Gasteiger partial charge is 0.312 e. The molecule has 0 unspecified atom stereocenters. The molecule has 0 radical (unpaired) electrons. The summed E-state index contributed by atoms with van der Waals surface area (Å²) >= 11 is 7.14. The highest BCUT2D eigenvalue weighted by Crippen LogP contribution is 2.26. The minimum atomic E-state index is -3.73. The summed E-state index contributed by atoms with van der Waals surface area (Å²) in [4.78, 5) is 15.2. The predicted molar refractivity (Wildman–Crippen MR) is 120 cm³/mol. The van der Waals surface area contributed by atoms with Crippen molar-refractivity contribution < 1.29 is 13.2 Å². The molecule has 0 aliphatic carbocycles. The number of hydrogen-bond donors (Lipinski definition) is 2. The van der Waals surface area contributed by atoms with E-state index in [1.165, 1.54) is 28.5 Å². The third-order valence-corrected chi connectivity index (χ3v) is 7.21. The molecule has 0 spiro atoms. The average molecular weight is 474 g/mol. The number of hydrogen-bond acceptors (Lipinski definition) is 5. The van der Waals surface area contributed by atoms with Crippen molar-refractivity contribution in [1.29, 1.82) is 0 Å². The molecule has 1 fully saturated rings. The van der Waals surface area contributed by atoms with E-state index in [0.29, 0.717) is 17.3 Å². The molecule has 1 atom stereocenters. The highest BCUT2D eigenvalue weighted by atomic mass is 35.5. The van der Waals surface area contributed by atoms with Gasteiger partial charge in [0.2, 0.25) is 15.9 Å². The van der Waals surface area contributed by atoms with Gasteiger partial charge in [0.05, 0.1) is 4.34 Å². The first-order valence-electron chi connectivity index (χ1n) is 9.01. The standard InChI is InChI=1S/C19H20ClN3O3S2.ClH/c20-18-4-3-16(27-18)7-10-28(25,26)22-17-6-9-23(19(17)24)15-2-1-13-5-8-21-12-14(13)11-15;/h1-4,7,10-11,17,21-22H,5-6,8-9,12H2;1H/t17-;/m0./s1. The van der Waals surface area contributed by atoms with Crippen LogP contribution in [0.3, 0.4) is 0 Å². The van der Waals surface area contributed by atoms with Gasteiger partial charge in [0.15, 0.2) is 0 Å². The highest BCUT2D eigenvalue weighted by molar-refractivity contribution is 7.92. The number of anilines is 1. The van der Waals surface area contributed by atoms with Crippen LogP contribution in [0.1, 0.15) is 22.4 Å². The normalized spacial score (nSPS) is 19.4. The Balaban J connectivity index is 0.00000240. The molecule has 1 aromatic carbocycles. The zero-order valence-electron chi connectivity index (χ0n) is 15.4. The second-order valence-electron chi connectivity index (χ2n) is 6.82. The fraction of sp³-hybridized carbons (Fsp3) is 0.316. The zero-order valence-corrected chi connectivity index (χ0v) is 18.6. The Morgan fingerprint density at radius 2 is 2.07 bits per heavy atom. The van der Waals surface area contributed by atoms with Crippen LogP contribution >= 0.6 is 35.3 Å². The Kier molecular flexibility index (Phi) is 7.03. The molecule has 1 amide bonds. The van der Waals surface area contributed by atoms with Crippen LogP contribution in [-0.2, 0) is 27.8 Å². The van der Waals surface area contributed by atoms with E-state index in [9.17, 15) is 13.2 Å². The Bertz CT molecular complexity index is 1040. The number of carbonyl (C=O) groups excluding carboxylic acids is 1. The van der Waals surface area contributed by atoms with Gasteiger partial charge in [-0.2, -0.15) is 4.72 Å². The van der Waals surface area contributed by atoms with E-state index >= 15 is 0 Å². The second kappa shape index (κ2) is 9.16. The van der Waals surface area contributed by atoms with E-state index in [1.54, 1.807) is 17.0 Å². The minimum absolute atomic E-state index is 0. The van der Waals surface area contributed by atoms with Crippen molar-refractivity contribution in [3.05, 3.63) is 56.1 Å². The fourth-order valence-corrected chi connectivity index (χ4v) is 5.56. The number of sulfonamides is 1. The van der Waals surface area contributed by atoms with Gasteiger partial charge >= 0.3 is 0 Å². The van der Waals surface area contributed by atoms with Crippen molar-refractivity contribution in [3.63, 3.8) is 0 Å². The van der Waals surface area contributed by atoms with E-state index in [2.05, 4.69) is 16.1 Å². The number of benzene rings is 1. The fourth-order valence-electron chi connectivity index (χ4n) is 3.49. The van der Waals surface area contributed by atoms with Crippen LogP contribution in [0.15, 0.2) is 35.7 Å². The van der Waals surface area contributed by atoms with Crippen LogP contribution in [0, 0.1) is 0 Å². The van der Waals surface area contributed by atoms with Crippen LogP contribution in [0.4, 0.5) is 5.69 Å². The van der Waals surface area contributed by atoms with Crippen molar-refractivity contribution >= 4 is 63.0 Å². The van der Waals surface area contributed by atoms with Gasteiger partial charge in [-0.3, -0.25) is 4.79 Å². The number of rotatable bonds is 5. The number of thiophene rings is 1. The number of amides is 1. The van der Waals surface area contributed by atoms with E-state index in [1.807, 2.05) is 12.1 Å². The maximum Gasteiger partial charge on any atom is 0.245 e. The van der Waals surface area contributed by atoms with E-state index in [-0.39, 0.29) is 18.3 Å². The predicted octanol–water partition coefficient (Wildman–Crippen LogP) is 3.16. The molecule has 3 heterocycles. The molecular weight excluding hydrogens is 453 g/mol. The maximum absolute atomic E-state index is 12.8. The lowest BCUT2D eigenvalue weighted by atomic mass is 10.0. The molecule has 2 N–H and O–H groups in total. The molecule has 29 heavy (non-hydrogen) atoms. The minimum Gasteiger partial charge on any atom is -0.312 e. The van der Waals surface area contributed by atoms with Crippen molar-refractivity contribution in [2.45, 2.75) is 25.4 Å². The molecule has 0 saturated carbocycles. The van der Waals surface area contributed by atoms with Crippen LogP contribution in [0.5, 0.6) is 0 Å². The lowest BCUT2D eigenvalue weighted by molar-refractivity contribution is -0.118. The summed E-state index contributed by atoms with van der Waals surface area (Å²) < 4.78 is 27.8. The molecule has 10 heteroatoms. The van der Waals surface area contributed by atoms with Gasteiger partial charge in [-0.05, 0) is 60.9 Å². The van der Waals surface area contributed by atoms with Gasteiger partial charge in [0, 0.05) is 29.1 Å². The SMILES string of the molecule is Cl.O=C1[C@@H](NS(=O)(=O)C=Cc2ccc(Cl)s2)CCN1c1ccc2c(c1)CNCC2. The Morgan fingerprint density at radius 1 is 1.24 bits per heavy atom. The summed E-state index contributed by atoms with van der Waals surface area (Å²) in [6.07, 6.45) is 2.90. The Labute approximate surface area is 185 Å². The first kappa shape index (κ1) is 22.3. The summed E-state index contributed by atoms with van der Waals surface area (Å²) in [5.74, 6) is -0.222. The van der Waals surface area contributed by atoms with Crippen molar-refractivity contribution in [1.82, 2.24) is 10.0 Å². The molecule has 2 aliphatic heterocycles. The first-order chi connectivity index (χ1) is 13.4. The summed E-state index contributed by atoms with van der Waals surface area (Å²) in [6, 6.07) is 8.72. The molecule has 0 bridgehead atoms. The van der Waals surface area contributed by atoms with E-state index < -0.39 is 16.1 Å². The maximum atomic E-state index is 12.8. The third-order valence-electron chi connectivity index (χ3n) is 4.91. The summed E-state index contributed by atoms with van der Waals surface area (Å²) in [6.45, 7) is 2.24. The molecule has 1 saturated heterocycles. The molecule has 2 aliphatic rings. The molecule has 6 nitrogen and oxygen atoms in total. The van der Waals surface area contributed by atoms with Crippen LogP contribution in [0.2, 0.25) is 4.34 Å². The van der Waals surface area contributed by atoms with Gasteiger partial charge in [-0.25, -0.2) is 8.42 Å². The van der Waals surface area contributed by atoms with Gasteiger partial charge in [-0.15, -0.1) is 23.7 Å². The van der Waals surface area contributed by atoms with Gasteiger partial charge in [-0.1, -0.05) is 17.7 Å². The zero-order chi connectivity index (χ0) is 19.7. The summed E-state index contributed by atoms with van der Waals surface area (Å²) in [7, 11) is -3.73. The first-order valence-corrected chi connectivity index (χ1v) is 11.7. The quantitative estimate of drug-likeness (QED) is 0.698. The van der Waals surface area contributed by atoms with Crippen molar-refractivity contribution in [2.75, 3.05) is 18.0 Å².